The molecule has 0 bridgehead atoms. The molecule has 0 radical (unpaired) electrons. The average molecular weight is 376 g/mol. The van der Waals surface area contributed by atoms with E-state index >= 15 is 0 Å². The van der Waals surface area contributed by atoms with Crippen LogP contribution < -0.4 is 10.3 Å². The number of halogens is 1. The van der Waals surface area contributed by atoms with Crippen LogP contribution in [0.5, 0.6) is 0 Å². The maximum atomic E-state index is 12.0. The molecule has 8 nitrogen and oxygen atoms in total. The first-order valence-corrected chi connectivity index (χ1v) is 8.12. The molecule has 0 aliphatic carbocycles. The normalized spacial score (nSPS) is 11.6. The highest BCUT2D eigenvalue weighted by atomic mass is 79.9. The molecule has 2 aromatic rings. The maximum absolute atomic E-state index is 12.0. The number of amides is 1. The molecule has 2 N–H and O–H groups in total. The van der Waals surface area contributed by atoms with Crippen molar-refractivity contribution in [3.05, 3.63) is 34.5 Å². The van der Waals surface area contributed by atoms with E-state index in [1.54, 1.807) is 42.4 Å². The zero-order chi connectivity index (χ0) is 15.8. The van der Waals surface area contributed by atoms with E-state index in [9.17, 15) is 13.2 Å². The van der Waals surface area contributed by atoms with Crippen LogP contribution in [0.4, 0.5) is 0 Å². The molecular formula is C11H14BrN5O3S. The Morgan fingerprint density at radius 1 is 1.29 bits per heavy atom. The van der Waals surface area contributed by atoms with Crippen molar-refractivity contribution in [1.29, 1.82) is 0 Å². The molecule has 114 valence electrons. The Morgan fingerprint density at radius 3 is 2.43 bits per heavy atom. The van der Waals surface area contributed by atoms with Crippen LogP contribution in [-0.4, -0.2) is 28.4 Å². The van der Waals surface area contributed by atoms with E-state index in [1.807, 2.05) is 4.83 Å². The SMILES string of the molecule is Cc1nc(S(=O)(=O)NNC(=O)c2cc(Br)cn2C)cn1C. The minimum absolute atomic E-state index is 0.157. The predicted molar refractivity (Wildman–Crippen MR) is 78.8 cm³/mol. The van der Waals surface area contributed by atoms with E-state index in [0.717, 1.165) is 4.47 Å². The molecule has 0 spiro atoms. The molecule has 2 aromatic heterocycles. The Bertz CT molecular complexity index is 773. The summed E-state index contributed by atoms with van der Waals surface area (Å²) in [6.45, 7) is 1.68. The Balaban J connectivity index is 2.12. The lowest BCUT2D eigenvalue weighted by molar-refractivity contribution is 0.0937. The lowest BCUT2D eigenvalue weighted by atomic mass is 10.4. The number of aromatic nitrogens is 3. The number of nitrogens with zero attached hydrogens (tertiary/aromatic N) is 3. The third-order valence-electron chi connectivity index (χ3n) is 2.86. The minimum atomic E-state index is -3.91. The van der Waals surface area contributed by atoms with Crippen molar-refractivity contribution in [2.45, 2.75) is 11.9 Å². The summed E-state index contributed by atoms with van der Waals surface area (Å²) in [5, 5.41) is -0.157. The lowest BCUT2D eigenvalue weighted by Gasteiger charge is -2.07. The highest BCUT2D eigenvalue weighted by Crippen LogP contribution is 2.13. The smallest absolute Gasteiger partial charge is 0.282 e. The van der Waals surface area contributed by atoms with Crippen LogP contribution in [0.1, 0.15) is 16.3 Å². The Kier molecular flexibility index (Phi) is 4.21. The van der Waals surface area contributed by atoms with Crippen molar-refractivity contribution in [3.63, 3.8) is 0 Å². The topological polar surface area (TPSA) is 98.0 Å². The molecule has 0 saturated heterocycles. The second-order valence-corrected chi connectivity index (χ2v) is 7.00. The van der Waals surface area contributed by atoms with Crippen molar-refractivity contribution in [1.82, 2.24) is 24.4 Å². The number of rotatable bonds is 4. The number of imidazole rings is 1. The molecule has 2 heterocycles. The van der Waals surface area contributed by atoms with Gasteiger partial charge in [0, 0.05) is 31.0 Å². The largest absolute Gasteiger partial charge is 0.345 e. The fourth-order valence-corrected chi connectivity index (χ4v) is 3.04. The van der Waals surface area contributed by atoms with Crippen LogP contribution in [0.3, 0.4) is 0 Å². The number of hydrogen-bond acceptors (Lipinski definition) is 4. The third-order valence-corrected chi connectivity index (χ3v) is 4.42. The number of hydrazine groups is 1. The molecule has 2 rings (SSSR count). The number of sulfonamides is 1. The van der Waals surface area contributed by atoms with Gasteiger partial charge < -0.3 is 9.13 Å². The fourth-order valence-electron chi connectivity index (χ4n) is 1.64. The molecule has 0 unspecified atom stereocenters. The van der Waals surface area contributed by atoms with Gasteiger partial charge in [-0.25, -0.2) is 13.4 Å². The van der Waals surface area contributed by atoms with E-state index < -0.39 is 15.9 Å². The van der Waals surface area contributed by atoms with Crippen molar-refractivity contribution in [2.24, 2.45) is 14.1 Å². The fraction of sp³-hybridized carbons (Fsp3) is 0.273. The van der Waals surface area contributed by atoms with Gasteiger partial charge in [-0.05, 0) is 28.9 Å². The third kappa shape index (κ3) is 3.34. The molecule has 0 saturated carbocycles. The van der Waals surface area contributed by atoms with Crippen LogP contribution in [0, 0.1) is 6.92 Å². The van der Waals surface area contributed by atoms with E-state index in [-0.39, 0.29) is 5.03 Å². The van der Waals surface area contributed by atoms with Crippen LogP contribution in [0.15, 0.2) is 28.0 Å². The van der Waals surface area contributed by atoms with Gasteiger partial charge >= 0.3 is 0 Å². The summed E-state index contributed by atoms with van der Waals surface area (Å²) in [5.74, 6) is -0.0208. The number of carbonyl (C=O) groups excluding carboxylic acids is 1. The van der Waals surface area contributed by atoms with Gasteiger partial charge in [-0.1, -0.05) is 0 Å². The molecule has 0 aliphatic heterocycles. The van der Waals surface area contributed by atoms with Crippen LogP contribution in [-0.2, 0) is 24.1 Å². The van der Waals surface area contributed by atoms with Gasteiger partial charge in [0.05, 0.1) is 0 Å². The minimum Gasteiger partial charge on any atom is -0.345 e. The second kappa shape index (κ2) is 5.62. The summed E-state index contributed by atoms with van der Waals surface area (Å²) in [7, 11) is -0.547. The first kappa shape index (κ1) is 15.7. The summed E-state index contributed by atoms with van der Waals surface area (Å²) in [4.78, 5) is 17.8. The standard InChI is InChI=1S/C11H14BrN5O3S/c1-7-13-10(6-16(7)2)21(19,20)15-14-11(18)9-4-8(12)5-17(9)3/h4-6,15H,1-3H3,(H,14,18). The van der Waals surface area contributed by atoms with E-state index in [2.05, 4.69) is 26.3 Å². The molecule has 0 aromatic carbocycles. The van der Waals surface area contributed by atoms with E-state index in [1.165, 1.54) is 6.20 Å². The van der Waals surface area contributed by atoms with Crippen molar-refractivity contribution in [3.8, 4) is 0 Å². The molecule has 10 heteroatoms. The first-order chi connectivity index (χ1) is 9.70. The number of hydrogen-bond donors (Lipinski definition) is 2. The van der Waals surface area contributed by atoms with Crippen molar-refractivity contribution in [2.75, 3.05) is 0 Å². The van der Waals surface area contributed by atoms with Gasteiger partial charge in [0.25, 0.3) is 15.9 Å². The molecule has 0 atom stereocenters. The van der Waals surface area contributed by atoms with E-state index in [0.29, 0.717) is 11.5 Å². The van der Waals surface area contributed by atoms with Crippen molar-refractivity contribution >= 4 is 31.9 Å². The highest BCUT2D eigenvalue weighted by Gasteiger charge is 2.20. The Hall–Kier alpha value is -1.65. The molecular weight excluding hydrogens is 362 g/mol. The zero-order valence-electron chi connectivity index (χ0n) is 11.6. The second-order valence-electron chi connectivity index (χ2n) is 4.45. The zero-order valence-corrected chi connectivity index (χ0v) is 14.0. The lowest BCUT2D eigenvalue weighted by Crippen LogP contribution is -2.42. The van der Waals surface area contributed by atoms with Gasteiger partial charge in [0.1, 0.15) is 11.5 Å². The average Bonchev–Trinajstić information content (AvgIpc) is 2.90. The van der Waals surface area contributed by atoms with Crippen LogP contribution in [0.2, 0.25) is 0 Å². The summed E-state index contributed by atoms with van der Waals surface area (Å²) in [6, 6.07) is 1.58. The van der Waals surface area contributed by atoms with Crippen LogP contribution in [0.25, 0.3) is 0 Å². The molecule has 0 aliphatic rings. The van der Waals surface area contributed by atoms with Gasteiger partial charge in [0.2, 0.25) is 0 Å². The first-order valence-electron chi connectivity index (χ1n) is 5.84. The van der Waals surface area contributed by atoms with Crippen molar-refractivity contribution < 1.29 is 13.2 Å². The predicted octanol–water partition coefficient (Wildman–Crippen LogP) is 0.453. The quantitative estimate of drug-likeness (QED) is 0.758. The summed E-state index contributed by atoms with van der Waals surface area (Å²) >= 11 is 3.24. The molecule has 1 amide bonds. The summed E-state index contributed by atoms with van der Waals surface area (Å²) in [5.41, 5.74) is 2.46. The monoisotopic (exact) mass is 375 g/mol. The molecule has 21 heavy (non-hydrogen) atoms. The number of aryl methyl sites for hydroxylation is 3. The Morgan fingerprint density at radius 2 is 1.95 bits per heavy atom. The molecule has 0 fully saturated rings. The van der Waals surface area contributed by atoms with E-state index in [4.69, 9.17) is 0 Å². The number of nitrogens with one attached hydrogen (secondary N) is 2. The number of carbonyl (C=O) groups is 1. The highest BCUT2D eigenvalue weighted by molar-refractivity contribution is 9.10. The van der Waals surface area contributed by atoms with Gasteiger partial charge in [-0.3, -0.25) is 10.2 Å². The van der Waals surface area contributed by atoms with Gasteiger partial charge in [-0.15, -0.1) is 4.83 Å². The summed E-state index contributed by atoms with van der Waals surface area (Å²) < 4.78 is 27.9. The Labute approximate surface area is 130 Å². The van der Waals surface area contributed by atoms with Gasteiger partial charge in [0.15, 0.2) is 5.03 Å². The summed E-state index contributed by atoms with van der Waals surface area (Å²) in [6.07, 6.45) is 3.05. The van der Waals surface area contributed by atoms with Crippen LogP contribution >= 0.6 is 15.9 Å². The maximum Gasteiger partial charge on any atom is 0.282 e. The van der Waals surface area contributed by atoms with Gasteiger partial charge in [-0.2, -0.15) is 0 Å².